The van der Waals surface area contributed by atoms with Gasteiger partial charge in [-0.25, -0.2) is 13.1 Å². The summed E-state index contributed by atoms with van der Waals surface area (Å²) in [5.74, 6) is 0.141. The molecule has 1 aliphatic rings. The van der Waals surface area contributed by atoms with Crippen LogP contribution in [-0.4, -0.2) is 33.1 Å². The first-order valence-corrected chi connectivity index (χ1v) is 7.81. The fourth-order valence-electron chi connectivity index (χ4n) is 1.69. The third-order valence-corrected chi connectivity index (χ3v) is 5.62. The lowest BCUT2D eigenvalue weighted by atomic mass is 10.1. The van der Waals surface area contributed by atoms with Gasteiger partial charge in [-0.15, -0.1) is 0 Å². The molecule has 0 amide bonds. The Morgan fingerprint density at radius 1 is 1.63 bits per heavy atom. The lowest BCUT2D eigenvalue weighted by Gasteiger charge is -2.08. The molecule has 1 saturated heterocycles. The topological polar surface area (TPSA) is 125 Å². The Labute approximate surface area is 113 Å². The van der Waals surface area contributed by atoms with Gasteiger partial charge in [-0.05, 0) is 12.3 Å². The molecule has 0 radical (unpaired) electrons. The zero-order chi connectivity index (χ0) is 14.0. The molecule has 8 nitrogen and oxygen atoms in total. The summed E-state index contributed by atoms with van der Waals surface area (Å²) in [4.78, 5) is 9.93. The van der Waals surface area contributed by atoms with E-state index in [1.165, 1.54) is 0 Å². The number of hydrogen-bond donors (Lipinski definition) is 2. The SMILES string of the molecule is Nc1sc(S(=O)(=O)NCC2CCOC2)cc1[N+](=O)[O-]. The predicted octanol–water partition coefficient (Wildman–Crippen LogP) is 0.553. The maximum atomic E-state index is 12.0. The van der Waals surface area contributed by atoms with E-state index in [9.17, 15) is 18.5 Å². The summed E-state index contributed by atoms with van der Waals surface area (Å²) in [6.45, 7) is 1.41. The van der Waals surface area contributed by atoms with Crippen LogP contribution in [0.1, 0.15) is 6.42 Å². The number of anilines is 1. The largest absolute Gasteiger partial charge is 0.385 e. The van der Waals surface area contributed by atoms with Gasteiger partial charge in [0.2, 0.25) is 10.0 Å². The molecule has 1 unspecified atom stereocenters. The molecule has 2 heterocycles. The number of rotatable bonds is 5. The highest BCUT2D eigenvalue weighted by molar-refractivity contribution is 7.91. The molecule has 2 rings (SSSR count). The van der Waals surface area contributed by atoms with Crippen LogP contribution < -0.4 is 10.5 Å². The molecular formula is C9H13N3O5S2. The van der Waals surface area contributed by atoms with Crippen molar-refractivity contribution in [1.82, 2.24) is 4.72 Å². The highest BCUT2D eigenvalue weighted by Crippen LogP contribution is 2.34. The van der Waals surface area contributed by atoms with Gasteiger partial charge in [0.25, 0.3) is 0 Å². The predicted molar refractivity (Wildman–Crippen MR) is 69.5 cm³/mol. The minimum absolute atomic E-state index is 0.116. The van der Waals surface area contributed by atoms with Crippen molar-refractivity contribution in [1.29, 1.82) is 0 Å². The molecule has 19 heavy (non-hydrogen) atoms. The van der Waals surface area contributed by atoms with Crippen molar-refractivity contribution in [3.8, 4) is 0 Å². The second-order valence-electron chi connectivity index (χ2n) is 4.15. The molecule has 0 bridgehead atoms. The molecule has 1 atom stereocenters. The Kier molecular flexibility index (Phi) is 4.04. The van der Waals surface area contributed by atoms with Gasteiger partial charge < -0.3 is 10.5 Å². The van der Waals surface area contributed by atoms with Crippen LogP contribution in [0.4, 0.5) is 10.7 Å². The second kappa shape index (κ2) is 5.41. The lowest BCUT2D eigenvalue weighted by molar-refractivity contribution is -0.383. The normalized spacial score (nSPS) is 19.7. The Morgan fingerprint density at radius 2 is 2.37 bits per heavy atom. The van der Waals surface area contributed by atoms with Crippen LogP contribution >= 0.6 is 11.3 Å². The van der Waals surface area contributed by atoms with Gasteiger partial charge in [-0.3, -0.25) is 10.1 Å². The van der Waals surface area contributed by atoms with Crippen LogP contribution in [0.5, 0.6) is 0 Å². The van der Waals surface area contributed by atoms with Gasteiger partial charge in [-0.2, -0.15) is 0 Å². The summed E-state index contributed by atoms with van der Waals surface area (Å²) in [5, 5.41) is 10.5. The van der Waals surface area contributed by atoms with Crippen molar-refractivity contribution in [2.45, 2.75) is 10.6 Å². The highest BCUT2D eigenvalue weighted by Gasteiger charge is 2.26. The zero-order valence-corrected chi connectivity index (χ0v) is 11.5. The molecular weight excluding hydrogens is 294 g/mol. The third kappa shape index (κ3) is 3.21. The maximum Gasteiger partial charge on any atom is 0.304 e. The minimum Gasteiger partial charge on any atom is -0.385 e. The fraction of sp³-hybridized carbons (Fsp3) is 0.556. The van der Waals surface area contributed by atoms with E-state index in [-0.39, 0.29) is 27.4 Å². The molecule has 1 aliphatic heterocycles. The Hall–Kier alpha value is -1.23. The standard InChI is InChI=1S/C9H13N3O5S2/c10-9-7(12(13)14)3-8(18-9)19(15,16)11-4-6-1-2-17-5-6/h3,6,11H,1-2,4-5,10H2. The number of nitrogens with zero attached hydrogens (tertiary/aromatic N) is 1. The quantitative estimate of drug-likeness (QED) is 0.604. The minimum atomic E-state index is -3.75. The average Bonchev–Trinajstić information content (AvgIpc) is 2.95. The van der Waals surface area contributed by atoms with E-state index >= 15 is 0 Å². The summed E-state index contributed by atoms with van der Waals surface area (Å²) in [7, 11) is -3.75. The number of thiophene rings is 1. The number of nitrogens with two attached hydrogens (primary N) is 1. The molecule has 0 aliphatic carbocycles. The zero-order valence-electron chi connectivity index (χ0n) is 9.87. The van der Waals surface area contributed by atoms with E-state index in [1.807, 2.05) is 0 Å². The number of ether oxygens (including phenoxy) is 1. The van der Waals surface area contributed by atoms with Crippen molar-refractivity contribution >= 4 is 32.0 Å². The second-order valence-corrected chi connectivity index (χ2v) is 7.23. The molecule has 0 spiro atoms. The molecule has 10 heteroatoms. The smallest absolute Gasteiger partial charge is 0.304 e. The first-order valence-electron chi connectivity index (χ1n) is 5.51. The molecule has 0 saturated carbocycles. The fourth-order valence-corrected chi connectivity index (χ4v) is 4.07. The van der Waals surface area contributed by atoms with Crippen molar-refractivity contribution in [2.75, 3.05) is 25.5 Å². The van der Waals surface area contributed by atoms with Gasteiger partial charge in [0, 0.05) is 19.2 Å². The van der Waals surface area contributed by atoms with E-state index in [0.29, 0.717) is 24.6 Å². The molecule has 1 fully saturated rings. The molecule has 3 N–H and O–H groups in total. The van der Waals surface area contributed by atoms with Gasteiger partial charge in [0.1, 0.15) is 4.21 Å². The molecule has 1 aromatic heterocycles. The number of sulfonamides is 1. The van der Waals surface area contributed by atoms with Crippen LogP contribution in [0.25, 0.3) is 0 Å². The van der Waals surface area contributed by atoms with Crippen LogP contribution in [0.3, 0.4) is 0 Å². The highest BCUT2D eigenvalue weighted by atomic mass is 32.2. The van der Waals surface area contributed by atoms with Crippen LogP contribution in [0, 0.1) is 16.0 Å². The van der Waals surface area contributed by atoms with Crippen molar-refractivity contribution < 1.29 is 18.1 Å². The number of nitro groups is 1. The van der Waals surface area contributed by atoms with Crippen molar-refractivity contribution in [2.24, 2.45) is 5.92 Å². The summed E-state index contributed by atoms with van der Waals surface area (Å²) in [6, 6.07) is 0.980. The molecule has 0 aromatic carbocycles. The molecule has 106 valence electrons. The van der Waals surface area contributed by atoms with E-state index in [4.69, 9.17) is 10.5 Å². The van der Waals surface area contributed by atoms with Crippen molar-refractivity contribution in [3.63, 3.8) is 0 Å². The van der Waals surface area contributed by atoms with E-state index in [1.54, 1.807) is 0 Å². The molecule has 1 aromatic rings. The third-order valence-electron chi connectivity index (χ3n) is 2.77. The van der Waals surface area contributed by atoms with Gasteiger partial charge in [-0.1, -0.05) is 11.3 Å². The first-order chi connectivity index (χ1) is 8.90. The summed E-state index contributed by atoms with van der Waals surface area (Å²) >= 11 is 0.687. The van der Waals surface area contributed by atoms with Crippen LogP contribution in [0.15, 0.2) is 10.3 Å². The summed E-state index contributed by atoms with van der Waals surface area (Å²) in [5.41, 5.74) is 5.04. The number of hydrogen-bond acceptors (Lipinski definition) is 7. The number of nitrogen functional groups attached to an aromatic ring is 1. The van der Waals surface area contributed by atoms with Crippen LogP contribution in [0.2, 0.25) is 0 Å². The Morgan fingerprint density at radius 3 is 2.89 bits per heavy atom. The van der Waals surface area contributed by atoms with Crippen LogP contribution in [-0.2, 0) is 14.8 Å². The monoisotopic (exact) mass is 307 g/mol. The van der Waals surface area contributed by atoms with Crippen molar-refractivity contribution in [3.05, 3.63) is 16.2 Å². The first kappa shape index (κ1) is 14.2. The van der Waals surface area contributed by atoms with Gasteiger partial charge in [0.05, 0.1) is 11.5 Å². The van der Waals surface area contributed by atoms with E-state index in [2.05, 4.69) is 4.72 Å². The van der Waals surface area contributed by atoms with E-state index < -0.39 is 14.9 Å². The Bertz CT molecular complexity index is 577. The van der Waals surface area contributed by atoms with Gasteiger partial charge in [0.15, 0.2) is 5.00 Å². The maximum absolute atomic E-state index is 12.0. The lowest BCUT2D eigenvalue weighted by Crippen LogP contribution is -2.29. The summed E-state index contributed by atoms with van der Waals surface area (Å²) < 4.78 is 31.3. The van der Waals surface area contributed by atoms with Gasteiger partial charge >= 0.3 is 5.69 Å². The Balaban J connectivity index is 2.10. The average molecular weight is 307 g/mol. The summed E-state index contributed by atoms with van der Waals surface area (Å²) in [6.07, 6.45) is 0.801. The van der Waals surface area contributed by atoms with E-state index in [0.717, 1.165) is 12.5 Å². The number of nitrogens with one attached hydrogen (secondary N) is 1.